The molecule has 0 radical (unpaired) electrons. The zero-order chi connectivity index (χ0) is 14.1. The van der Waals surface area contributed by atoms with Gasteiger partial charge in [-0.1, -0.05) is 6.07 Å². The zero-order valence-corrected chi connectivity index (χ0v) is 12.5. The van der Waals surface area contributed by atoms with Crippen molar-refractivity contribution >= 4 is 17.7 Å². The second-order valence-electron chi connectivity index (χ2n) is 4.03. The molecule has 1 rings (SSSR count). The Kier molecular flexibility index (Phi) is 7.18. The molecular weight excluding hydrogens is 262 g/mol. The molecule has 0 unspecified atom stereocenters. The largest absolute Gasteiger partial charge is 0.493 e. The first-order valence-corrected chi connectivity index (χ1v) is 7.57. The van der Waals surface area contributed by atoms with Crippen molar-refractivity contribution in [2.45, 2.75) is 12.8 Å². The number of benzene rings is 1. The van der Waals surface area contributed by atoms with Gasteiger partial charge in [-0.2, -0.15) is 11.8 Å². The molecule has 1 N–H and O–H groups in total. The minimum atomic E-state index is 0.106. The average molecular weight is 283 g/mol. The van der Waals surface area contributed by atoms with Crippen LogP contribution >= 0.6 is 11.8 Å². The van der Waals surface area contributed by atoms with Gasteiger partial charge in [0.15, 0.2) is 11.5 Å². The third-order valence-electron chi connectivity index (χ3n) is 2.72. The minimum Gasteiger partial charge on any atom is -0.493 e. The lowest BCUT2D eigenvalue weighted by Gasteiger charge is -2.10. The summed E-state index contributed by atoms with van der Waals surface area (Å²) in [4.78, 5) is 11.4. The monoisotopic (exact) mass is 283 g/mol. The molecule has 106 valence electrons. The molecule has 1 aromatic rings. The van der Waals surface area contributed by atoms with E-state index in [1.165, 1.54) is 0 Å². The molecule has 0 saturated carbocycles. The predicted molar refractivity (Wildman–Crippen MR) is 79.3 cm³/mol. The summed E-state index contributed by atoms with van der Waals surface area (Å²) in [6, 6.07) is 5.80. The lowest BCUT2D eigenvalue weighted by Crippen LogP contribution is -2.25. The lowest BCUT2D eigenvalue weighted by atomic mass is 10.1. The maximum Gasteiger partial charge on any atom is 0.220 e. The van der Waals surface area contributed by atoms with Crippen molar-refractivity contribution in [2.24, 2.45) is 0 Å². The standard InChI is InChI=1S/C14H21NO3S/c1-17-12-5-4-11(10-13(12)18-2)6-8-15-14(16)7-9-19-3/h4-5,10H,6-9H2,1-3H3,(H,15,16). The number of methoxy groups -OCH3 is 2. The van der Waals surface area contributed by atoms with Crippen molar-refractivity contribution in [1.29, 1.82) is 0 Å². The molecule has 0 fully saturated rings. The molecule has 0 aliphatic rings. The molecule has 5 heteroatoms. The number of carbonyl (C=O) groups is 1. The summed E-state index contributed by atoms with van der Waals surface area (Å²) in [5.41, 5.74) is 1.11. The van der Waals surface area contributed by atoms with Crippen LogP contribution in [0.4, 0.5) is 0 Å². The Morgan fingerprint density at radius 1 is 1.26 bits per heavy atom. The molecule has 0 aliphatic carbocycles. The van der Waals surface area contributed by atoms with Gasteiger partial charge in [-0.3, -0.25) is 4.79 Å². The Balaban J connectivity index is 2.43. The molecule has 0 saturated heterocycles. The Bertz CT molecular complexity index is 410. The third-order valence-corrected chi connectivity index (χ3v) is 3.33. The molecule has 4 nitrogen and oxygen atoms in total. The second-order valence-corrected chi connectivity index (χ2v) is 5.02. The Hall–Kier alpha value is -1.36. The van der Waals surface area contributed by atoms with Gasteiger partial charge in [-0.25, -0.2) is 0 Å². The number of carbonyl (C=O) groups excluding carboxylic acids is 1. The highest BCUT2D eigenvalue weighted by molar-refractivity contribution is 7.98. The molecule has 0 bridgehead atoms. The minimum absolute atomic E-state index is 0.106. The maximum atomic E-state index is 11.4. The summed E-state index contributed by atoms with van der Waals surface area (Å²) in [6.07, 6.45) is 3.36. The van der Waals surface area contributed by atoms with Gasteiger partial charge in [-0.05, 0) is 30.4 Å². The summed E-state index contributed by atoms with van der Waals surface area (Å²) in [5, 5.41) is 2.91. The van der Waals surface area contributed by atoms with Gasteiger partial charge in [-0.15, -0.1) is 0 Å². The van der Waals surface area contributed by atoms with Crippen LogP contribution in [0.15, 0.2) is 18.2 Å². The number of nitrogens with one attached hydrogen (secondary N) is 1. The van der Waals surface area contributed by atoms with Crippen molar-refractivity contribution in [3.63, 3.8) is 0 Å². The summed E-state index contributed by atoms with van der Waals surface area (Å²) in [5.74, 6) is 2.40. The fourth-order valence-corrected chi connectivity index (χ4v) is 2.06. The highest BCUT2D eigenvalue weighted by Gasteiger charge is 2.05. The molecular formula is C14H21NO3S. The van der Waals surface area contributed by atoms with Gasteiger partial charge in [0, 0.05) is 18.7 Å². The number of rotatable bonds is 8. The average Bonchev–Trinajstić information content (AvgIpc) is 2.44. The zero-order valence-electron chi connectivity index (χ0n) is 11.7. The van der Waals surface area contributed by atoms with E-state index in [9.17, 15) is 4.79 Å². The molecule has 0 heterocycles. The predicted octanol–water partition coefficient (Wildman–Crippen LogP) is 2.12. The van der Waals surface area contributed by atoms with Gasteiger partial charge >= 0.3 is 0 Å². The Morgan fingerprint density at radius 2 is 2.00 bits per heavy atom. The highest BCUT2D eigenvalue weighted by Crippen LogP contribution is 2.27. The Morgan fingerprint density at radius 3 is 2.63 bits per heavy atom. The van der Waals surface area contributed by atoms with Crippen LogP contribution in [0, 0.1) is 0 Å². The van der Waals surface area contributed by atoms with E-state index in [4.69, 9.17) is 9.47 Å². The van der Waals surface area contributed by atoms with Gasteiger partial charge in [0.25, 0.3) is 0 Å². The van der Waals surface area contributed by atoms with E-state index < -0.39 is 0 Å². The van der Waals surface area contributed by atoms with Crippen LogP contribution < -0.4 is 14.8 Å². The number of thioether (sulfide) groups is 1. The quantitative estimate of drug-likeness (QED) is 0.794. The van der Waals surface area contributed by atoms with E-state index >= 15 is 0 Å². The van der Waals surface area contributed by atoms with Gasteiger partial charge in [0.1, 0.15) is 0 Å². The summed E-state index contributed by atoms with van der Waals surface area (Å²) in [7, 11) is 3.23. The first-order chi connectivity index (χ1) is 9.21. The lowest BCUT2D eigenvalue weighted by molar-refractivity contribution is -0.120. The van der Waals surface area contributed by atoms with Crippen molar-refractivity contribution in [3.05, 3.63) is 23.8 Å². The number of ether oxygens (including phenoxy) is 2. The van der Waals surface area contributed by atoms with Crippen molar-refractivity contribution in [1.82, 2.24) is 5.32 Å². The van der Waals surface area contributed by atoms with Crippen molar-refractivity contribution < 1.29 is 14.3 Å². The topological polar surface area (TPSA) is 47.6 Å². The first kappa shape index (κ1) is 15.7. The van der Waals surface area contributed by atoms with Crippen LogP contribution in [0.2, 0.25) is 0 Å². The van der Waals surface area contributed by atoms with E-state index in [0.717, 1.165) is 23.5 Å². The maximum absolute atomic E-state index is 11.4. The third kappa shape index (κ3) is 5.42. The van der Waals surface area contributed by atoms with E-state index in [0.29, 0.717) is 18.7 Å². The van der Waals surface area contributed by atoms with Crippen molar-refractivity contribution in [2.75, 3.05) is 32.8 Å². The molecule has 0 aliphatic heterocycles. The SMILES string of the molecule is COc1ccc(CCNC(=O)CCSC)cc1OC. The van der Waals surface area contributed by atoms with Crippen LogP contribution in [0.3, 0.4) is 0 Å². The number of hydrogen-bond acceptors (Lipinski definition) is 4. The van der Waals surface area contributed by atoms with Crippen LogP contribution in [-0.4, -0.2) is 38.7 Å². The molecule has 19 heavy (non-hydrogen) atoms. The summed E-state index contributed by atoms with van der Waals surface area (Å²) < 4.78 is 10.4. The Labute approximate surface area is 118 Å². The van der Waals surface area contributed by atoms with Crippen molar-refractivity contribution in [3.8, 4) is 11.5 Å². The normalized spacial score (nSPS) is 10.1. The highest BCUT2D eigenvalue weighted by atomic mass is 32.2. The molecule has 0 spiro atoms. The van der Waals surface area contributed by atoms with E-state index in [1.54, 1.807) is 26.0 Å². The van der Waals surface area contributed by atoms with Crippen LogP contribution in [0.1, 0.15) is 12.0 Å². The van der Waals surface area contributed by atoms with Crippen LogP contribution in [0.25, 0.3) is 0 Å². The van der Waals surface area contributed by atoms with Crippen LogP contribution in [-0.2, 0) is 11.2 Å². The fraction of sp³-hybridized carbons (Fsp3) is 0.500. The van der Waals surface area contributed by atoms with E-state index in [2.05, 4.69) is 5.32 Å². The van der Waals surface area contributed by atoms with E-state index in [1.807, 2.05) is 24.5 Å². The molecule has 0 aromatic heterocycles. The van der Waals surface area contributed by atoms with Gasteiger partial charge < -0.3 is 14.8 Å². The first-order valence-electron chi connectivity index (χ1n) is 6.17. The van der Waals surface area contributed by atoms with Gasteiger partial charge in [0.05, 0.1) is 14.2 Å². The number of hydrogen-bond donors (Lipinski definition) is 1. The molecule has 1 aromatic carbocycles. The smallest absolute Gasteiger partial charge is 0.220 e. The molecule has 0 atom stereocenters. The van der Waals surface area contributed by atoms with Gasteiger partial charge in [0.2, 0.25) is 5.91 Å². The number of amides is 1. The molecule has 1 amide bonds. The summed E-state index contributed by atoms with van der Waals surface area (Å²) in [6.45, 7) is 0.642. The second kappa shape index (κ2) is 8.69. The van der Waals surface area contributed by atoms with Crippen LogP contribution in [0.5, 0.6) is 11.5 Å². The van der Waals surface area contributed by atoms with E-state index in [-0.39, 0.29) is 5.91 Å². The fourth-order valence-electron chi connectivity index (χ4n) is 1.67. The summed E-state index contributed by atoms with van der Waals surface area (Å²) >= 11 is 1.68.